The van der Waals surface area contributed by atoms with Crippen LogP contribution in [0.1, 0.15) is 17.4 Å². The quantitative estimate of drug-likeness (QED) is 0.750. The Morgan fingerprint density at radius 1 is 1.31 bits per heavy atom. The first-order valence-corrected chi connectivity index (χ1v) is 8.37. The van der Waals surface area contributed by atoms with Gasteiger partial charge in [-0.2, -0.15) is 4.98 Å². The van der Waals surface area contributed by atoms with Gasteiger partial charge in [-0.15, -0.1) is 0 Å². The fourth-order valence-corrected chi connectivity index (χ4v) is 2.88. The van der Waals surface area contributed by atoms with Crippen molar-refractivity contribution in [2.75, 3.05) is 25.0 Å². The van der Waals surface area contributed by atoms with Gasteiger partial charge in [0, 0.05) is 31.2 Å². The molecule has 1 aliphatic heterocycles. The number of aryl methyl sites for hydroxylation is 1. The molecule has 0 spiro atoms. The lowest BCUT2D eigenvalue weighted by Crippen LogP contribution is -2.48. The van der Waals surface area contributed by atoms with E-state index in [1.807, 2.05) is 36.1 Å². The summed E-state index contributed by atoms with van der Waals surface area (Å²) in [4.78, 5) is 26.8. The Labute approximate surface area is 150 Å². The van der Waals surface area contributed by atoms with Gasteiger partial charge in [-0.3, -0.25) is 14.7 Å². The maximum atomic E-state index is 12.2. The van der Waals surface area contributed by atoms with Crippen molar-refractivity contribution in [1.82, 2.24) is 25.0 Å². The molecule has 8 heteroatoms. The predicted octanol–water partition coefficient (Wildman–Crippen LogP) is 1.87. The topological polar surface area (TPSA) is 97.0 Å². The molecule has 1 amide bonds. The van der Waals surface area contributed by atoms with E-state index in [-0.39, 0.29) is 11.8 Å². The second-order valence-electron chi connectivity index (χ2n) is 6.30. The Hall–Kier alpha value is -3.13. The zero-order chi connectivity index (χ0) is 17.9. The number of rotatable bonds is 5. The molecule has 3 aromatic rings. The summed E-state index contributed by atoms with van der Waals surface area (Å²) >= 11 is 0. The van der Waals surface area contributed by atoms with Gasteiger partial charge in [0.05, 0.1) is 18.7 Å². The Balaban J connectivity index is 1.30. The first-order valence-electron chi connectivity index (χ1n) is 8.37. The third kappa shape index (κ3) is 3.45. The summed E-state index contributed by atoms with van der Waals surface area (Å²) in [6.45, 7) is 3.74. The molecule has 1 aromatic carbocycles. The average molecular weight is 350 g/mol. The van der Waals surface area contributed by atoms with Crippen molar-refractivity contribution >= 4 is 11.6 Å². The molecule has 4 rings (SSSR count). The van der Waals surface area contributed by atoms with Crippen LogP contribution in [-0.2, 0) is 4.79 Å². The lowest BCUT2D eigenvalue weighted by atomic mass is 10.0. The van der Waals surface area contributed by atoms with Gasteiger partial charge in [0.25, 0.3) is 0 Å². The van der Waals surface area contributed by atoms with Crippen LogP contribution in [0, 0.1) is 6.92 Å². The minimum atomic E-state index is -0.0245. The molecule has 1 saturated heterocycles. The molecule has 1 N–H and O–H groups in total. The summed E-state index contributed by atoms with van der Waals surface area (Å²) < 4.78 is 5.33. The van der Waals surface area contributed by atoms with E-state index in [1.165, 1.54) is 0 Å². The number of hydrogen-bond donors (Lipinski definition) is 1. The molecule has 2 aromatic heterocycles. The number of amides is 1. The van der Waals surface area contributed by atoms with Crippen LogP contribution in [0.3, 0.4) is 0 Å². The fraction of sp³-hybridized carbons (Fsp3) is 0.278. The number of carbonyl (C=O) groups excluding carboxylic acids is 1. The van der Waals surface area contributed by atoms with E-state index in [1.54, 1.807) is 18.6 Å². The lowest BCUT2D eigenvalue weighted by Gasteiger charge is -2.36. The van der Waals surface area contributed by atoms with E-state index in [2.05, 4.69) is 25.4 Å². The van der Waals surface area contributed by atoms with Gasteiger partial charge >= 0.3 is 0 Å². The minimum absolute atomic E-state index is 0.0245. The monoisotopic (exact) mass is 350 g/mol. The first-order chi connectivity index (χ1) is 12.7. The summed E-state index contributed by atoms with van der Waals surface area (Å²) in [7, 11) is 0. The van der Waals surface area contributed by atoms with Crippen molar-refractivity contribution in [3.63, 3.8) is 0 Å². The molecule has 1 aliphatic rings. The van der Waals surface area contributed by atoms with Gasteiger partial charge < -0.3 is 9.84 Å². The van der Waals surface area contributed by atoms with Crippen LogP contribution < -0.4 is 5.32 Å². The van der Waals surface area contributed by atoms with E-state index < -0.39 is 0 Å². The third-order valence-corrected chi connectivity index (χ3v) is 4.33. The summed E-state index contributed by atoms with van der Waals surface area (Å²) in [6.07, 6.45) is 4.78. The summed E-state index contributed by atoms with van der Waals surface area (Å²) in [5, 5.41) is 6.90. The molecule has 0 atom stereocenters. The van der Waals surface area contributed by atoms with Crippen molar-refractivity contribution in [2.45, 2.75) is 12.8 Å². The number of carbonyl (C=O) groups is 1. The molecule has 8 nitrogen and oxygen atoms in total. The summed E-state index contributed by atoms with van der Waals surface area (Å²) in [6, 6.07) is 7.73. The molecule has 0 saturated carbocycles. The number of anilines is 1. The fourth-order valence-electron chi connectivity index (χ4n) is 2.88. The highest BCUT2D eigenvalue weighted by atomic mass is 16.5. The molecule has 1 fully saturated rings. The van der Waals surface area contributed by atoms with E-state index >= 15 is 0 Å². The van der Waals surface area contributed by atoms with Gasteiger partial charge in [-0.25, -0.2) is 4.98 Å². The average Bonchev–Trinajstić information content (AvgIpc) is 3.10. The summed E-state index contributed by atoms with van der Waals surface area (Å²) in [5.41, 5.74) is 2.47. The maximum absolute atomic E-state index is 12.2. The van der Waals surface area contributed by atoms with E-state index in [4.69, 9.17) is 4.52 Å². The zero-order valence-electron chi connectivity index (χ0n) is 14.3. The predicted molar refractivity (Wildman–Crippen MR) is 94.3 cm³/mol. The number of hydrogen-bond acceptors (Lipinski definition) is 7. The Morgan fingerprint density at radius 3 is 2.92 bits per heavy atom. The molecule has 0 unspecified atom stereocenters. The molecule has 26 heavy (non-hydrogen) atoms. The molecule has 0 aliphatic carbocycles. The van der Waals surface area contributed by atoms with Crippen LogP contribution in [0.25, 0.3) is 11.5 Å². The number of nitrogens with one attached hydrogen (secondary N) is 1. The number of benzene rings is 1. The van der Waals surface area contributed by atoms with Gasteiger partial charge in [-0.05, 0) is 18.6 Å². The van der Waals surface area contributed by atoms with E-state index in [0.717, 1.165) is 11.3 Å². The van der Waals surface area contributed by atoms with Crippen molar-refractivity contribution in [1.29, 1.82) is 0 Å². The number of likely N-dealkylation sites (tertiary alicyclic amines) is 1. The third-order valence-electron chi connectivity index (χ3n) is 4.33. The Bertz CT molecular complexity index is 905. The molecular weight excluding hydrogens is 332 g/mol. The molecular formula is C18H18N6O2. The van der Waals surface area contributed by atoms with Crippen LogP contribution in [0.4, 0.5) is 5.69 Å². The second kappa shape index (κ2) is 7.01. The van der Waals surface area contributed by atoms with Gasteiger partial charge in [0.1, 0.15) is 5.69 Å². The van der Waals surface area contributed by atoms with Crippen molar-refractivity contribution < 1.29 is 9.32 Å². The highest BCUT2D eigenvalue weighted by Crippen LogP contribution is 2.27. The second-order valence-corrected chi connectivity index (χ2v) is 6.30. The Morgan fingerprint density at radius 2 is 2.15 bits per heavy atom. The van der Waals surface area contributed by atoms with Crippen molar-refractivity contribution in [3.8, 4) is 11.5 Å². The van der Waals surface area contributed by atoms with Crippen LogP contribution >= 0.6 is 0 Å². The standard InChI is InChI=1S/C18H18N6O2/c1-12-4-2-3-5-14(12)21-16(25)11-24-9-13(10-24)18-22-17(23-26-18)15-8-19-6-7-20-15/h2-8,13H,9-11H2,1H3,(H,21,25). The van der Waals surface area contributed by atoms with Gasteiger partial charge in [-0.1, -0.05) is 23.4 Å². The highest BCUT2D eigenvalue weighted by Gasteiger charge is 2.33. The number of aromatic nitrogens is 4. The van der Waals surface area contributed by atoms with Crippen LogP contribution in [0.2, 0.25) is 0 Å². The van der Waals surface area contributed by atoms with Crippen LogP contribution in [-0.4, -0.2) is 50.5 Å². The summed E-state index contributed by atoms with van der Waals surface area (Å²) in [5.74, 6) is 1.12. The molecule has 0 bridgehead atoms. The van der Waals surface area contributed by atoms with Gasteiger partial charge in [0.2, 0.25) is 17.6 Å². The SMILES string of the molecule is Cc1ccccc1NC(=O)CN1CC(c2nc(-c3cnccn3)no2)C1. The van der Waals surface area contributed by atoms with Crippen LogP contribution in [0.5, 0.6) is 0 Å². The van der Waals surface area contributed by atoms with Crippen LogP contribution in [0.15, 0.2) is 47.4 Å². The molecule has 132 valence electrons. The molecule has 0 radical (unpaired) electrons. The van der Waals surface area contributed by atoms with E-state index in [9.17, 15) is 4.79 Å². The van der Waals surface area contributed by atoms with Gasteiger partial charge in [0.15, 0.2) is 0 Å². The largest absolute Gasteiger partial charge is 0.339 e. The highest BCUT2D eigenvalue weighted by molar-refractivity contribution is 5.93. The van der Waals surface area contributed by atoms with Crippen molar-refractivity contribution in [2.24, 2.45) is 0 Å². The molecule has 3 heterocycles. The van der Waals surface area contributed by atoms with Crippen molar-refractivity contribution in [3.05, 3.63) is 54.3 Å². The maximum Gasteiger partial charge on any atom is 0.238 e. The smallest absolute Gasteiger partial charge is 0.238 e. The first kappa shape index (κ1) is 16.3. The Kier molecular flexibility index (Phi) is 4.40. The number of para-hydroxylation sites is 1. The minimum Gasteiger partial charge on any atom is -0.339 e. The lowest BCUT2D eigenvalue weighted by molar-refractivity contribution is -0.118. The normalized spacial score (nSPS) is 14.8. The number of nitrogens with zero attached hydrogens (tertiary/aromatic N) is 5. The van der Waals surface area contributed by atoms with E-state index in [0.29, 0.717) is 37.0 Å². The zero-order valence-corrected chi connectivity index (χ0v) is 14.3.